The summed E-state index contributed by atoms with van der Waals surface area (Å²) in [4.78, 5) is 4.36. The number of oxazole rings is 1. The lowest BCUT2D eigenvalue weighted by Crippen LogP contribution is -1.84. The van der Waals surface area contributed by atoms with E-state index < -0.39 is 0 Å². The maximum atomic E-state index is 5.92. The molecule has 0 atom stereocenters. The van der Waals surface area contributed by atoms with Crippen molar-refractivity contribution in [2.75, 3.05) is 5.73 Å². The van der Waals surface area contributed by atoms with Crippen LogP contribution >= 0.6 is 22.9 Å². The maximum Gasteiger partial charge on any atom is 0.228 e. The van der Waals surface area contributed by atoms with Crippen LogP contribution in [0.15, 0.2) is 33.4 Å². The summed E-state index contributed by atoms with van der Waals surface area (Å²) in [7, 11) is 0. The molecule has 0 bridgehead atoms. The number of aromatic nitrogens is 1. The summed E-state index contributed by atoms with van der Waals surface area (Å²) in [5.41, 5.74) is 8.54. The lowest BCUT2D eigenvalue weighted by molar-refractivity contribution is 0.620. The van der Waals surface area contributed by atoms with Crippen LogP contribution in [0.25, 0.3) is 22.6 Å². The average Bonchev–Trinajstić information content (AvgIpc) is 2.86. The number of anilines is 1. The SMILES string of the molecule is Nc1cc2oc(-c3ccsc3)nc2cc1Cl. The number of rotatable bonds is 1. The second-order valence-corrected chi connectivity index (χ2v) is 4.56. The van der Waals surface area contributed by atoms with E-state index in [2.05, 4.69) is 4.98 Å². The van der Waals surface area contributed by atoms with Gasteiger partial charge in [-0.3, -0.25) is 0 Å². The molecule has 80 valence electrons. The Morgan fingerprint density at radius 2 is 2.25 bits per heavy atom. The van der Waals surface area contributed by atoms with Crippen molar-refractivity contribution in [3.63, 3.8) is 0 Å². The highest BCUT2D eigenvalue weighted by molar-refractivity contribution is 7.08. The van der Waals surface area contributed by atoms with Gasteiger partial charge in [-0.2, -0.15) is 11.3 Å². The van der Waals surface area contributed by atoms with Gasteiger partial charge in [0.1, 0.15) is 5.52 Å². The molecule has 3 nitrogen and oxygen atoms in total. The maximum absolute atomic E-state index is 5.92. The molecule has 0 aliphatic carbocycles. The number of hydrogen-bond donors (Lipinski definition) is 1. The second kappa shape index (κ2) is 3.50. The predicted molar refractivity (Wildman–Crippen MR) is 66.7 cm³/mol. The Morgan fingerprint density at radius 3 is 3.00 bits per heavy atom. The molecular formula is C11H7ClN2OS. The van der Waals surface area contributed by atoms with Crippen LogP contribution in [0, 0.1) is 0 Å². The minimum Gasteiger partial charge on any atom is -0.436 e. The van der Waals surface area contributed by atoms with Gasteiger partial charge >= 0.3 is 0 Å². The summed E-state index contributed by atoms with van der Waals surface area (Å²) in [6, 6.07) is 5.37. The number of nitrogens with two attached hydrogens (primary N) is 1. The fourth-order valence-electron chi connectivity index (χ4n) is 1.47. The van der Waals surface area contributed by atoms with Gasteiger partial charge in [0, 0.05) is 17.0 Å². The molecule has 16 heavy (non-hydrogen) atoms. The third-order valence-corrected chi connectivity index (χ3v) is 3.29. The average molecular weight is 251 g/mol. The van der Waals surface area contributed by atoms with Crippen molar-refractivity contribution in [3.05, 3.63) is 34.0 Å². The molecule has 5 heteroatoms. The van der Waals surface area contributed by atoms with E-state index in [4.69, 9.17) is 21.8 Å². The van der Waals surface area contributed by atoms with Crippen molar-refractivity contribution in [2.45, 2.75) is 0 Å². The summed E-state index contributed by atoms with van der Waals surface area (Å²) in [6.45, 7) is 0. The lowest BCUT2D eigenvalue weighted by Gasteiger charge is -1.94. The van der Waals surface area contributed by atoms with E-state index in [0.29, 0.717) is 22.2 Å². The van der Waals surface area contributed by atoms with Crippen molar-refractivity contribution < 1.29 is 4.42 Å². The summed E-state index contributed by atoms with van der Waals surface area (Å²) in [6.07, 6.45) is 0. The zero-order chi connectivity index (χ0) is 11.1. The van der Waals surface area contributed by atoms with Crippen molar-refractivity contribution in [3.8, 4) is 11.5 Å². The quantitative estimate of drug-likeness (QED) is 0.669. The smallest absolute Gasteiger partial charge is 0.228 e. The van der Waals surface area contributed by atoms with E-state index in [9.17, 15) is 0 Å². The first kappa shape index (κ1) is 9.69. The monoisotopic (exact) mass is 250 g/mol. The highest BCUT2D eigenvalue weighted by Crippen LogP contribution is 2.30. The van der Waals surface area contributed by atoms with E-state index in [1.54, 1.807) is 23.5 Å². The molecule has 1 aromatic carbocycles. The molecule has 2 N–H and O–H groups in total. The first-order valence-electron chi connectivity index (χ1n) is 4.62. The summed E-state index contributed by atoms with van der Waals surface area (Å²) >= 11 is 7.52. The van der Waals surface area contributed by atoms with E-state index in [1.807, 2.05) is 16.8 Å². The van der Waals surface area contributed by atoms with Gasteiger partial charge in [-0.15, -0.1) is 0 Å². The van der Waals surface area contributed by atoms with Gasteiger partial charge in [-0.25, -0.2) is 4.98 Å². The molecule has 0 saturated carbocycles. The highest BCUT2D eigenvalue weighted by atomic mass is 35.5. The van der Waals surface area contributed by atoms with Gasteiger partial charge in [0.05, 0.1) is 10.7 Å². The van der Waals surface area contributed by atoms with E-state index in [0.717, 1.165) is 11.1 Å². The number of nitrogen functional groups attached to an aromatic ring is 1. The van der Waals surface area contributed by atoms with Crippen LogP contribution in [0.3, 0.4) is 0 Å². The van der Waals surface area contributed by atoms with Gasteiger partial charge in [0.15, 0.2) is 5.58 Å². The third kappa shape index (κ3) is 1.47. The molecule has 2 heterocycles. The molecule has 0 amide bonds. The Bertz CT molecular complexity index is 606. The molecule has 0 radical (unpaired) electrons. The van der Waals surface area contributed by atoms with Crippen LogP contribution in [0.2, 0.25) is 5.02 Å². The molecule has 0 fully saturated rings. The number of hydrogen-bond acceptors (Lipinski definition) is 4. The van der Waals surface area contributed by atoms with E-state index >= 15 is 0 Å². The number of thiophene rings is 1. The first-order chi connectivity index (χ1) is 7.74. The summed E-state index contributed by atoms with van der Waals surface area (Å²) in [5.74, 6) is 0.595. The molecule has 3 aromatic rings. The van der Waals surface area contributed by atoms with Crippen molar-refractivity contribution in [2.24, 2.45) is 0 Å². The minimum absolute atomic E-state index is 0.498. The Labute approximate surface area is 100 Å². The molecular weight excluding hydrogens is 244 g/mol. The third-order valence-electron chi connectivity index (χ3n) is 2.28. The van der Waals surface area contributed by atoms with Gasteiger partial charge in [-0.1, -0.05) is 11.6 Å². The van der Waals surface area contributed by atoms with Crippen molar-refractivity contribution in [1.29, 1.82) is 0 Å². The highest BCUT2D eigenvalue weighted by Gasteiger charge is 2.10. The molecule has 0 unspecified atom stereocenters. The van der Waals surface area contributed by atoms with Crippen LogP contribution in [0.4, 0.5) is 5.69 Å². The minimum atomic E-state index is 0.498. The fraction of sp³-hybridized carbons (Fsp3) is 0. The number of benzene rings is 1. The fourth-order valence-corrected chi connectivity index (χ4v) is 2.26. The number of halogens is 1. The zero-order valence-corrected chi connectivity index (χ0v) is 9.68. The van der Waals surface area contributed by atoms with Gasteiger partial charge in [-0.05, 0) is 17.5 Å². The van der Waals surface area contributed by atoms with Crippen LogP contribution in [-0.4, -0.2) is 4.98 Å². The molecule has 0 aliphatic rings. The molecule has 0 aliphatic heterocycles. The lowest BCUT2D eigenvalue weighted by atomic mass is 10.3. The van der Waals surface area contributed by atoms with Crippen molar-refractivity contribution >= 4 is 39.7 Å². The van der Waals surface area contributed by atoms with E-state index in [1.165, 1.54) is 0 Å². The van der Waals surface area contributed by atoms with Crippen molar-refractivity contribution in [1.82, 2.24) is 4.98 Å². The first-order valence-corrected chi connectivity index (χ1v) is 5.94. The Morgan fingerprint density at radius 1 is 1.38 bits per heavy atom. The topological polar surface area (TPSA) is 52.0 Å². The molecule has 0 spiro atoms. The van der Waals surface area contributed by atoms with Crippen LogP contribution < -0.4 is 5.73 Å². The standard InChI is InChI=1S/C11H7ClN2OS/c12-7-3-9-10(4-8(7)13)15-11(14-9)6-1-2-16-5-6/h1-5H,13H2. The normalized spacial score (nSPS) is 11.1. The Kier molecular flexibility index (Phi) is 2.12. The van der Waals surface area contributed by atoms with Gasteiger partial charge < -0.3 is 10.2 Å². The zero-order valence-electron chi connectivity index (χ0n) is 8.11. The largest absolute Gasteiger partial charge is 0.436 e. The van der Waals surface area contributed by atoms with Crippen LogP contribution in [-0.2, 0) is 0 Å². The van der Waals surface area contributed by atoms with E-state index in [-0.39, 0.29) is 0 Å². The summed E-state index contributed by atoms with van der Waals surface area (Å²) < 4.78 is 5.61. The molecule has 0 saturated heterocycles. The predicted octanol–water partition coefficient (Wildman–Crippen LogP) is 3.79. The number of nitrogens with zero attached hydrogens (tertiary/aromatic N) is 1. The van der Waals surface area contributed by atoms with Crippen LogP contribution in [0.5, 0.6) is 0 Å². The summed E-state index contributed by atoms with van der Waals surface area (Å²) in [5, 5.41) is 4.46. The Balaban J connectivity index is 2.23. The van der Waals surface area contributed by atoms with Gasteiger partial charge in [0.25, 0.3) is 0 Å². The van der Waals surface area contributed by atoms with Crippen LogP contribution in [0.1, 0.15) is 0 Å². The molecule has 2 aromatic heterocycles. The second-order valence-electron chi connectivity index (χ2n) is 3.37. The molecule has 3 rings (SSSR count). The number of fused-ring (bicyclic) bond motifs is 1. The Hall–Kier alpha value is -1.52. The van der Waals surface area contributed by atoms with Gasteiger partial charge in [0.2, 0.25) is 5.89 Å².